The van der Waals surface area contributed by atoms with Crippen LogP contribution in [0.3, 0.4) is 0 Å². The largest absolute Gasteiger partial charge is 0.334 e. The lowest BCUT2D eigenvalue weighted by molar-refractivity contribution is 0.115. The SMILES string of the molecule is C=CCN(C(=O)NCc1ccc(C)cc1)C1CCN(CC2CC(NS(=O)(=O)c3ccccc3)CC2c2ccccc2)CC1. The average Bonchev–Trinajstić information content (AvgIpc) is 3.42. The second-order valence-electron chi connectivity index (χ2n) is 12.0. The van der Waals surface area contributed by atoms with Crippen LogP contribution in [0.4, 0.5) is 4.79 Å². The van der Waals surface area contributed by atoms with Crippen LogP contribution >= 0.6 is 0 Å². The van der Waals surface area contributed by atoms with E-state index in [2.05, 4.69) is 77.0 Å². The Morgan fingerprint density at radius 1 is 0.953 bits per heavy atom. The zero-order chi connectivity index (χ0) is 30.2. The van der Waals surface area contributed by atoms with Crippen molar-refractivity contribution in [2.24, 2.45) is 5.92 Å². The zero-order valence-corrected chi connectivity index (χ0v) is 25.9. The van der Waals surface area contributed by atoms with Gasteiger partial charge in [-0.05, 0) is 67.7 Å². The highest BCUT2D eigenvalue weighted by Crippen LogP contribution is 2.41. The van der Waals surface area contributed by atoms with Gasteiger partial charge in [-0.3, -0.25) is 0 Å². The fourth-order valence-corrected chi connectivity index (χ4v) is 7.97. The van der Waals surface area contributed by atoms with Crippen molar-refractivity contribution in [1.29, 1.82) is 0 Å². The van der Waals surface area contributed by atoms with Gasteiger partial charge in [-0.2, -0.15) is 0 Å². The van der Waals surface area contributed by atoms with Gasteiger partial charge >= 0.3 is 6.03 Å². The fourth-order valence-electron chi connectivity index (χ4n) is 6.69. The van der Waals surface area contributed by atoms with Crippen molar-refractivity contribution in [3.63, 3.8) is 0 Å². The Bertz CT molecular complexity index is 1440. The van der Waals surface area contributed by atoms with Gasteiger partial charge in [0.1, 0.15) is 0 Å². The number of likely N-dealkylation sites (tertiary alicyclic amines) is 1. The van der Waals surface area contributed by atoms with Crippen LogP contribution in [0.1, 0.15) is 48.3 Å². The molecule has 3 aromatic rings. The number of benzene rings is 3. The number of sulfonamides is 1. The van der Waals surface area contributed by atoms with E-state index < -0.39 is 10.0 Å². The monoisotopic (exact) mass is 600 g/mol. The molecule has 228 valence electrons. The third-order valence-electron chi connectivity index (χ3n) is 8.94. The van der Waals surface area contributed by atoms with Gasteiger partial charge in [0.15, 0.2) is 0 Å². The summed E-state index contributed by atoms with van der Waals surface area (Å²) in [5.74, 6) is 0.622. The van der Waals surface area contributed by atoms with Crippen LogP contribution in [-0.2, 0) is 16.6 Å². The highest BCUT2D eigenvalue weighted by atomic mass is 32.2. The van der Waals surface area contributed by atoms with E-state index in [0.29, 0.717) is 23.9 Å². The molecule has 1 aliphatic heterocycles. The first-order valence-corrected chi connectivity index (χ1v) is 16.9. The lowest BCUT2D eigenvalue weighted by atomic mass is 9.88. The standard InChI is InChI=1S/C35H44N4O3S/c1-3-20-39(35(40)36-25-28-16-14-27(2)15-17-28)32-18-21-38(22-19-32)26-30-23-31(24-34(30)29-10-6-4-7-11-29)37-43(41,42)33-12-8-5-9-13-33/h3-17,30-32,34,37H,1,18-26H2,2H3,(H,36,40). The molecule has 1 saturated heterocycles. The van der Waals surface area contributed by atoms with Crippen LogP contribution in [0.25, 0.3) is 0 Å². The van der Waals surface area contributed by atoms with E-state index in [0.717, 1.165) is 50.9 Å². The minimum Gasteiger partial charge on any atom is -0.334 e. The number of rotatable bonds is 11. The lowest BCUT2D eigenvalue weighted by Gasteiger charge is -2.39. The fraction of sp³-hybridized carbons (Fsp3) is 0.400. The number of piperidine rings is 1. The van der Waals surface area contributed by atoms with Crippen molar-refractivity contribution in [2.45, 2.75) is 62.0 Å². The number of amides is 2. The normalized spacial score (nSPS) is 21.4. The van der Waals surface area contributed by atoms with Crippen molar-refractivity contribution < 1.29 is 13.2 Å². The molecule has 3 aromatic carbocycles. The number of nitrogens with one attached hydrogen (secondary N) is 2. The van der Waals surface area contributed by atoms with Crippen LogP contribution in [0.5, 0.6) is 0 Å². The molecule has 1 aliphatic carbocycles. The molecule has 2 aliphatic rings. The van der Waals surface area contributed by atoms with Crippen molar-refractivity contribution in [3.05, 3.63) is 114 Å². The first-order chi connectivity index (χ1) is 20.8. The second kappa shape index (κ2) is 14.3. The summed E-state index contributed by atoms with van der Waals surface area (Å²) in [7, 11) is -3.58. The maximum Gasteiger partial charge on any atom is 0.318 e. The summed E-state index contributed by atoms with van der Waals surface area (Å²) in [4.78, 5) is 17.9. The molecule has 0 radical (unpaired) electrons. The van der Waals surface area contributed by atoms with Gasteiger partial charge in [-0.15, -0.1) is 6.58 Å². The maximum absolute atomic E-state index is 13.2. The van der Waals surface area contributed by atoms with Gasteiger partial charge in [0, 0.05) is 44.8 Å². The summed E-state index contributed by atoms with van der Waals surface area (Å²) in [5, 5.41) is 3.10. The minimum absolute atomic E-state index is 0.0487. The van der Waals surface area contributed by atoms with Crippen molar-refractivity contribution >= 4 is 16.1 Å². The van der Waals surface area contributed by atoms with Gasteiger partial charge in [0.2, 0.25) is 10.0 Å². The topological polar surface area (TPSA) is 81.8 Å². The molecule has 7 nitrogen and oxygen atoms in total. The van der Waals surface area contributed by atoms with Crippen LogP contribution in [0.15, 0.2) is 102 Å². The van der Waals surface area contributed by atoms with Crippen molar-refractivity contribution in [3.8, 4) is 0 Å². The Morgan fingerprint density at radius 2 is 1.60 bits per heavy atom. The zero-order valence-electron chi connectivity index (χ0n) is 25.1. The summed E-state index contributed by atoms with van der Waals surface area (Å²) in [6.07, 6.45) is 5.19. The molecule has 0 bridgehead atoms. The molecule has 3 unspecified atom stereocenters. The second-order valence-corrected chi connectivity index (χ2v) is 13.7. The average molecular weight is 601 g/mol. The summed E-state index contributed by atoms with van der Waals surface area (Å²) < 4.78 is 29.2. The number of hydrogen-bond acceptors (Lipinski definition) is 4. The predicted octanol–water partition coefficient (Wildman–Crippen LogP) is 5.70. The molecular weight excluding hydrogens is 556 g/mol. The van der Waals surface area contributed by atoms with Gasteiger partial charge in [0.25, 0.3) is 0 Å². The summed E-state index contributed by atoms with van der Waals surface area (Å²) >= 11 is 0. The highest BCUT2D eigenvalue weighted by molar-refractivity contribution is 7.89. The number of urea groups is 1. The van der Waals surface area contributed by atoms with Gasteiger partial charge in [-0.1, -0.05) is 84.4 Å². The number of carbonyl (C=O) groups excluding carboxylic acids is 1. The van der Waals surface area contributed by atoms with Gasteiger partial charge in [0.05, 0.1) is 4.90 Å². The van der Waals surface area contributed by atoms with E-state index in [9.17, 15) is 13.2 Å². The van der Waals surface area contributed by atoms with Crippen molar-refractivity contribution in [1.82, 2.24) is 19.8 Å². The first-order valence-electron chi connectivity index (χ1n) is 15.4. The van der Waals surface area contributed by atoms with E-state index >= 15 is 0 Å². The minimum atomic E-state index is -3.58. The smallest absolute Gasteiger partial charge is 0.318 e. The summed E-state index contributed by atoms with van der Waals surface area (Å²) in [6.45, 7) is 9.70. The molecule has 43 heavy (non-hydrogen) atoms. The molecule has 2 fully saturated rings. The molecule has 0 aromatic heterocycles. The number of hydrogen-bond donors (Lipinski definition) is 2. The van der Waals surface area contributed by atoms with E-state index in [4.69, 9.17) is 0 Å². The quantitative estimate of drug-likeness (QED) is 0.277. The Balaban J connectivity index is 1.19. The lowest BCUT2D eigenvalue weighted by Crippen LogP contribution is -2.51. The predicted molar refractivity (Wildman–Crippen MR) is 172 cm³/mol. The molecule has 1 heterocycles. The van der Waals surface area contributed by atoms with E-state index in [1.807, 2.05) is 17.0 Å². The van der Waals surface area contributed by atoms with Crippen LogP contribution < -0.4 is 10.0 Å². The number of aryl methyl sites for hydroxylation is 1. The summed E-state index contributed by atoms with van der Waals surface area (Å²) in [5.41, 5.74) is 3.55. The Morgan fingerprint density at radius 3 is 2.26 bits per heavy atom. The Kier molecular flexibility index (Phi) is 10.3. The molecule has 2 N–H and O–H groups in total. The highest BCUT2D eigenvalue weighted by Gasteiger charge is 2.39. The van der Waals surface area contributed by atoms with Crippen LogP contribution in [0.2, 0.25) is 0 Å². The Labute approximate surface area is 257 Å². The molecule has 3 atom stereocenters. The van der Waals surface area contributed by atoms with E-state index in [1.54, 1.807) is 30.3 Å². The number of nitrogens with zero attached hydrogens (tertiary/aromatic N) is 2. The van der Waals surface area contributed by atoms with E-state index in [-0.39, 0.29) is 24.0 Å². The molecule has 8 heteroatoms. The van der Waals surface area contributed by atoms with Gasteiger partial charge in [-0.25, -0.2) is 17.9 Å². The van der Waals surface area contributed by atoms with Crippen molar-refractivity contribution in [2.75, 3.05) is 26.2 Å². The van der Waals surface area contributed by atoms with Gasteiger partial charge < -0.3 is 15.1 Å². The molecule has 0 spiro atoms. The maximum atomic E-state index is 13.2. The third kappa shape index (κ3) is 8.13. The molecular formula is C35H44N4O3S. The third-order valence-corrected chi connectivity index (χ3v) is 10.5. The first kappa shape index (κ1) is 31.0. The molecule has 1 saturated carbocycles. The Hall–Kier alpha value is -3.46. The van der Waals surface area contributed by atoms with E-state index in [1.165, 1.54) is 11.1 Å². The number of carbonyl (C=O) groups is 1. The van der Waals surface area contributed by atoms with Crippen LogP contribution in [-0.4, -0.2) is 62.5 Å². The molecule has 5 rings (SSSR count). The summed E-state index contributed by atoms with van der Waals surface area (Å²) in [6, 6.07) is 27.3. The molecule has 2 amide bonds. The van der Waals surface area contributed by atoms with Crippen LogP contribution in [0, 0.1) is 12.8 Å².